The van der Waals surface area contributed by atoms with Gasteiger partial charge in [-0.2, -0.15) is 11.8 Å². The molecular formula is C11H15ClOS. The van der Waals surface area contributed by atoms with Gasteiger partial charge < -0.3 is 5.11 Å². The normalized spacial score (nSPS) is 12.8. The minimum atomic E-state index is -0.192. The van der Waals surface area contributed by atoms with E-state index in [2.05, 4.69) is 0 Å². The van der Waals surface area contributed by atoms with Gasteiger partial charge >= 0.3 is 0 Å². The average Bonchev–Trinajstić information content (AvgIpc) is 2.20. The van der Waals surface area contributed by atoms with Gasteiger partial charge in [-0.3, -0.25) is 0 Å². The minimum Gasteiger partial charge on any atom is -0.392 e. The summed E-state index contributed by atoms with van der Waals surface area (Å²) >= 11 is 7.72. The molecule has 0 spiro atoms. The molecule has 0 aliphatic rings. The molecule has 0 aliphatic carbocycles. The van der Waals surface area contributed by atoms with Crippen LogP contribution in [-0.4, -0.2) is 17.0 Å². The van der Waals surface area contributed by atoms with E-state index in [1.54, 1.807) is 11.8 Å². The van der Waals surface area contributed by atoms with Gasteiger partial charge in [0.05, 0.1) is 6.10 Å². The topological polar surface area (TPSA) is 20.2 Å². The summed E-state index contributed by atoms with van der Waals surface area (Å²) in [4.78, 5) is 0. The second-order valence-corrected chi connectivity index (χ2v) is 4.61. The smallest absolute Gasteiger partial charge is 0.0628 e. The van der Waals surface area contributed by atoms with E-state index in [1.165, 1.54) is 0 Å². The third kappa shape index (κ3) is 3.91. The molecule has 0 aromatic heterocycles. The molecule has 14 heavy (non-hydrogen) atoms. The van der Waals surface area contributed by atoms with Gasteiger partial charge in [-0.05, 0) is 18.1 Å². The van der Waals surface area contributed by atoms with Crippen LogP contribution in [0.1, 0.15) is 18.9 Å². The molecule has 0 aliphatic heterocycles. The predicted molar refractivity (Wildman–Crippen MR) is 63.9 cm³/mol. The second kappa shape index (κ2) is 6.33. The van der Waals surface area contributed by atoms with Crippen LogP contribution in [0.2, 0.25) is 5.02 Å². The van der Waals surface area contributed by atoms with Crippen molar-refractivity contribution < 1.29 is 5.11 Å². The number of aliphatic hydroxyl groups excluding tert-OH is 1. The molecule has 0 fully saturated rings. The lowest BCUT2D eigenvalue weighted by atomic mass is 10.2. The van der Waals surface area contributed by atoms with Crippen LogP contribution < -0.4 is 0 Å². The summed E-state index contributed by atoms with van der Waals surface area (Å²) in [6.07, 6.45) is 0.623. The van der Waals surface area contributed by atoms with E-state index in [1.807, 2.05) is 31.2 Å². The lowest BCUT2D eigenvalue weighted by molar-refractivity contribution is 0.195. The molecule has 78 valence electrons. The summed E-state index contributed by atoms with van der Waals surface area (Å²) in [6, 6.07) is 7.83. The summed E-state index contributed by atoms with van der Waals surface area (Å²) < 4.78 is 0. The Hall–Kier alpha value is -0.180. The first kappa shape index (κ1) is 11.9. The van der Waals surface area contributed by atoms with E-state index in [0.717, 1.165) is 28.5 Å². The predicted octanol–water partition coefficient (Wildman–Crippen LogP) is 3.34. The van der Waals surface area contributed by atoms with Gasteiger partial charge in [-0.1, -0.05) is 36.7 Å². The van der Waals surface area contributed by atoms with Crippen LogP contribution in [0.25, 0.3) is 0 Å². The van der Waals surface area contributed by atoms with E-state index in [0.29, 0.717) is 0 Å². The third-order valence-electron chi connectivity index (χ3n) is 2.00. The van der Waals surface area contributed by atoms with Gasteiger partial charge in [-0.25, -0.2) is 0 Å². The number of thioether (sulfide) groups is 1. The zero-order valence-electron chi connectivity index (χ0n) is 8.24. The van der Waals surface area contributed by atoms with Crippen molar-refractivity contribution in [2.75, 3.05) is 5.75 Å². The van der Waals surface area contributed by atoms with Gasteiger partial charge in [0.15, 0.2) is 0 Å². The molecule has 1 N–H and O–H groups in total. The summed E-state index contributed by atoms with van der Waals surface area (Å²) in [5, 5.41) is 10.2. The van der Waals surface area contributed by atoms with Crippen molar-refractivity contribution in [2.24, 2.45) is 0 Å². The molecule has 1 rings (SSSR count). The zero-order chi connectivity index (χ0) is 10.4. The Labute approximate surface area is 94.5 Å². The molecule has 0 bridgehead atoms. The van der Waals surface area contributed by atoms with Crippen LogP contribution in [0.3, 0.4) is 0 Å². The highest BCUT2D eigenvalue weighted by molar-refractivity contribution is 7.98. The first-order chi connectivity index (χ1) is 6.74. The first-order valence-corrected chi connectivity index (χ1v) is 6.26. The molecule has 1 aromatic carbocycles. The Balaban J connectivity index is 2.35. The van der Waals surface area contributed by atoms with Crippen molar-refractivity contribution >= 4 is 23.4 Å². The fourth-order valence-corrected chi connectivity index (χ4v) is 2.42. The lowest BCUT2D eigenvalue weighted by Gasteiger charge is -2.07. The van der Waals surface area contributed by atoms with Gasteiger partial charge in [-0.15, -0.1) is 0 Å². The largest absolute Gasteiger partial charge is 0.392 e. The lowest BCUT2D eigenvalue weighted by Crippen LogP contribution is -2.07. The maximum atomic E-state index is 9.35. The summed E-state index contributed by atoms with van der Waals surface area (Å²) in [7, 11) is 0. The third-order valence-corrected chi connectivity index (χ3v) is 3.50. The monoisotopic (exact) mass is 230 g/mol. The van der Waals surface area contributed by atoms with E-state index in [9.17, 15) is 5.11 Å². The number of hydrogen-bond donors (Lipinski definition) is 1. The van der Waals surface area contributed by atoms with Crippen LogP contribution in [0.15, 0.2) is 24.3 Å². The van der Waals surface area contributed by atoms with E-state index in [4.69, 9.17) is 11.6 Å². The fraction of sp³-hybridized carbons (Fsp3) is 0.455. The summed E-state index contributed by atoms with van der Waals surface area (Å²) in [6.45, 7) is 1.99. The molecule has 3 heteroatoms. The van der Waals surface area contributed by atoms with Crippen molar-refractivity contribution in [3.05, 3.63) is 34.9 Å². The van der Waals surface area contributed by atoms with Crippen molar-refractivity contribution in [1.82, 2.24) is 0 Å². The SMILES string of the molecule is CCC(O)CSCc1ccccc1Cl. The van der Waals surface area contributed by atoms with Gasteiger partial charge in [0.2, 0.25) is 0 Å². The van der Waals surface area contributed by atoms with E-state index >= 15 is 0 Å². The van der Waals surface area contributed by atoms with Gasteiger partial charge in [0.25, 0.3) is 0 Å². The van der Waals surface area contributed by atoms with Gasteiger partial charge in [0, 0.05) is 16.5 Å². The van der Waals surface area contributed by atoms with Crippen LogP contribution in [0.5, 0.6) is 0 Å². The van der Waals surface area contributed by atoms with Gasteiger partial charge in [0.1, 0.15) is 0 Å². The molecule has 1 unspecified atom stereocenters. The molecular weight excluding hydrogens is 216 g/mol. The number of hydrogen-bond acceptors (Lipinski definition) is 2. The highest BCUT2D eigenvalue weighted by Gasteiger charge is 2.02. The Kier molecular flexibility index (Phi) is 5.38. The molecule has 0 saturated heterocycles. The molecule has 0 heterocycles. The quantitative estimate of drug-likeness (QED) is 0.837. The standard InChI is InChI=1S/C11H15ClOS/c1-2-10(13)8-14-7-9-5-3-4-6-11(9)12/h3-6,10,13H,2,7-8H2,1H3. The molecule has 0 amide bonds. The van der Waals surface area contributed by atoms with Crippen LogP contribution in [-0.2, 0) is 5.75 Å². The van der Waals surface area contributed by atoms with Crippen molar-refractivity contribution in [2.45, 2.75) is 25.2 Å². The Bertz CT molecular complexity index is 278. The number of rotatable bonds is 5. The van der Waals surface area contributed by atoms with Crippen LogP contribution >= 0.6 is 23.4 Å². The van der Waals surface area contributed by atoms with Crippen molar-refractivity contribution in [1.29, 1.82) is 0 Å². The van der Waals surface area contributed by atoms with E-state index in [-0.39, 0.29) is 6.10 Å². The zero-order valence-corrected chi connectivity index (χ0v) is 9.81. The number of aliphatic hydroxyl groups is 1. The molecule has 1 nitrogen and oxygen atoms in total. The van der Waals surface area contributed by atoms with Crippen molar-refractivity contribution in [3.8, 4) is 0 Å². The molecule has 0 radical (unpaired) electrons. The molecule has 0 saturated carbocycles. The molecule has 1 aromatic rings. The maximum absolute atomic E-state index is 9.35. The highest BCUT2D eigenvalue weighted by atomic mass is 35.5. The minimum absolute atomic E-state index is 0.192. The van der Waals surface area contributed by atoms with Crippen molar-refractivity contribution in [3.63, 3.8) is 0 Å². The summed E-state index contributed by atoms with van der Waals surface area (Å²) in [5.74, 6) is 1.65. The first-order valence-electron chi connectivity index (χ1n) is 4.73. The van der Waals surface area contributed by atoms with E-state index < -0.39 is 0 Å². The van der Waals surface area contributed by atoms with Crippen LogP contribution in [0, 0.1) is 0 Å². The maximum Gasteiger partial charge on any atom is 0.0628 e. The Morgan fingerprint density at radius 1 is 1.43 bits per heavy atom. The average molecular weight is 231 g/mol. The highest BCUT2D eigenvalue weighted by Crippen LogP contribution is 2.21. The number of halogens is 1. The van der Waals surface area contributed by atoms with Crippen LogP contribution in [0.4, 0.5) is 0 Å². The number of benzene rings is 1. The molecule has 1 atom stereocenters. The Morgan fingerprint density at radius 3 is 2.79 bits per heavy atom. The fourth-order valence-electron chi connectivity index (χ4n) is 1.04. The Morgan fingerprint density at radius 2 is 2.14 bits per heavy atom. The second-order valence-electron chi connectivity index (χ2n) is 3.17. The summed E-state index contributed by atoms with van der Waals surface area (Å²) in [5.41, 5.74) is 1.14.